The second-order valence-electron chi connectivity index (χ2n) is 5.75. The van der Waals surface area contributed by atoms with Crippen LogP contribution in [0.15, 0.2) is 33.3 Å². The molecule has 0 saturated carbocycles. The van der Waals surface area contributed by atoms with E-state index >= 15 is 0 Å². The molecule has 0 aliphatic carbocycles. The zero-order chi connectivity index (χ0) is 16.4. The molecule has 1 saturated heterocycles. The summed E-state index contributed by atoms with van der Waals surface area (Å²) in [7, 11) is 0. The van der Waals surface area contributed by atoms with Crippen LogP contribution in [0.2, 0.25) is 0 Å². The first-order valence-corrected chi connectivity index (χ1v) is 9.09. The van der Waals surface area contributed by atoms with Crippen molar-refractivity contribution in [3.8, 4) is 0 Å². The van der Waals surface area contributed by atoms with Crippen LogP contribution >= 0.6 is 31.9 Å². The normalized spacial score (nSPS) is 15.9. The summed E-state index contributed by atoms with van der Waals surface area (Å²) in [5, 5.41) is 6.83. The maximum absolute atomic E-state index is 12.5. The Morgan fingerprint density at radius 3 is 2.39 bits per heavy atom. The van der Waals surface area contributed by atoms with E-state index in [4.69, 9.17) is 0 Å². The first-order valence-electron chi connectivity index (χ1n) is 7.51. The summed E-state index contributed by atoms with van der Waals surface area (Å²) in [6, 6.07) is 8.63. The van der Waals surface area contributed by atoms with Gasteiger partial charge in [-0.15, -0.1) is 0 Å². The maximum Gasteiger partial charge on any atom is 0.275 e. The van der Waals surface area contributed by atoms with Gasteiger partial charge in [0.05, 0.1) is 4.47 Å². The van der Waals surface area contributed by atoms with E-state index in [1.807, 2.05) is 4.90 Å². The number of hydrogen-bond acceptors (Lipinski definition) is 3. The number of aromatic amines is 1. The molecule has 3 rings (SSSR count). The van der Waals surface area contributed by atoms with Crippen LogP contribution in [0.1, 0.15) is 21.6 Å². The molecule has 0 unspecified atom stereocenters. The van der Waals surface area contributed by atoms with Crippen LogP contribution in [0.3, 0.4) is 0 Å². The van der Waals surface area contributed by atoms with Gasteiger partial charge >= 0.3 is 0 Å². The molecule has 2 heterocycles. The number of rotatable bonds is 3. The van der Waals surface area contributed by atoms with E-state index < -0.39 is 0 Å². The number of nitrogens with zero attached hydrogens (tertiary/aromatic N) is 3. The molecule has 0 bridgehead atoms. The van der Waals surface area contributed by atoms with E-state index in [-0.39, 0.29) is 5.91 Å². The summed E-state index contributed by atoms with van der Waals surface area (Å²) in [5.41, 5.74) is 3.03. The smallest absolute Gasteiger partial charge is 0.275 e. The molecule has 1 amide bonds. The molecule has 23 heavy (non-hydrogen) atoms. The van der Waals surface area contributed by atoms with Gasteiger partial charge in [-0.1, -0.05) is 29.8 Å². The van der Waals surface area contributed by atoms with Crippen molar-refractivity contribution >= 4 is 37.8 Å². The van der Waals surface area contributed by atoms with Crippen LogP contribution in [0.5, 0.6) is 0 Å². The average molecular weight is 442 g/mol. The molecule has 1 fully saturated rings. The van der Waals surface area contributed by atoms with Crippen LogP contribution in [0.25, 0.3) is 0 Å². The Hall–Kier alpha value is -1.18. The summed E-state index contributed by atoms with van der Waals surface area (Å²) in [5.74, 6) is -0.0335. The van der Waals surface area contributed by atoms with Crippen LogP contribution in [0, 0.1) is 6.92 Å². The van der Waals surface area contributed by atoms with Crippen molar-refractivity contribution in [2.75, 3.05) is 26.2 Å². The maximum atomic E-state index is 12.5. The van der Waals surface area contributed by atoms with E-state index in [2.05, 4.69) is 78.1 Å². The lowest BCUT2D eigenvalue weighted by molar-refractivity contribution is 0.0622. The van der Waals surface area contributed by atoms with Crippen LogP contribution < -0.4 is 0 Å². The molecule has 0 spiro atoms. The van der Waals surface area contributed by atoms with Crippen molar-refractivity contribution in [2.45, 2.75) is 13.5 Å². The Balaban J connectivity index is 1.57. The molecule has 1 aliphatic rings. The third-order valence-corrected chi connectivity index (χ3v) is 5.93. The predicted molar refractivity (Wildman–Crippen MR) is 96.3 cm³/mol. The van der Waals surface area contributed by atoms with Gasteiger partial charge in [-0.2, -0.15) is 5.10 Å². The number of aryl methyl sites for hydroxylation is 1. The minimum absolute atomic E-state index is 0.0335. The quantitative estimate of drug-likeness (QED) is 0.795. The standard InChI is InChI=1S/C16H18Br2N4O/c1-11-2-4-12(5-3-11)10-21-6-8-22(9-7-21)16(23)14-13(17)15(18)20-19-14/h2-5H,6-10H2,1H3,(H,19,20). The fourth-order valence-electron chi connectivity index (χ4n) is 2.66. The Morgan fingerprint density at radius 2 is 1.83 bits per heavy atom. The van der Waals surface area contributed by atoms with Gasteiger partial charge in [0.25, 0.3) is 5.91 Å². The minimum Gasteiger partial charge on any atom is -0.335 e. The van der Waals surface area contributed by atoms with Crippen molar-refractivity contribution in [3.63, 3.8) is 0 Å². The number of carbonyl (C=O) groups excluding carboxylic acids is 1. The number of amides is 1. The number of aromatic nitrogens is 2. The summed E-state index contributed by atoms with van der Waals surface area (Å²) in [6.07, 6.45) is 0. The number of piperazine rings is 1. The molecule has 0 radical (unpaired) electrons. The monoisotopic (exact) mass is 440 g/mol. The minimum atomic E-state index is -0.0335. The third kappa shape index (κ3) is 3.84. The fraction of sp³-hybridized carbons (Fsp3) is 0.375. The predicted octanol–water partition coefficient (Wildman–Crippen LogP) is 3.20. The molecule has 1 aromatic carbocycles. The highest BCUT2D eigenvalue weighted by molar-refractivity contribution is 9.13. The van der Waals surface area contributed by atoms with Crippen molar-refractivity contribution in [3.05, 3.63) is 50.2 Å². The summed E-state index contributed by atoms with van der Waals surface area (Å²) < 4.78 is 1.38. The topological polar surface area (TPSA) is 52.2 Å². The van der Waals surface area contributed by atoms with Crippen molar-refractivity contribution in [1.82, 2.24) is 20.0 Å². The van der Waals surface area contributed by atoms with E-state index in [0.29, 0.717) is 14.8 Å². The lowest BCUT2D eigenvalue weighted by atomic mass is 10.1. The SMILES string of the molecule is Cc1ccc(CN2CCN(C(=O)c3n[nH]c(Br)c3Br)CC2)cc1. The van der Waals surface area contributed by atoms with Crippen molar-refractivity contribution < 1.29 is 4.79 Å². The van der Waals surface area contributed by atoms with E-state index in [9.17, 15) is 4.79 Å². The van der Waals surface area contributed by atoms with Gasteiger partial charge in [0.1, 0.15) is 4.60 Å². The molecule has 1 N–H and O–H groups in total. The first kappa shape index (κ1) is 16.7. The molecule has 2 aromatic rings. The Labute approximate surface area is 152 Å². The van der Waals surface area contributed by atoms with Gasteiger partial charge in [0.2, 0.25) is 0 Å². The highest BCUT2D eigenvalue weighted by Crippen LogP contribution is 2.25. The molecule has 122 valence electrons. The number of nitrogens with one attached hydrogen (secondary N) is 1. The molecule has 5 nitrogen and oxygen atoms in total. The zero-order valence-electron chi connectivity index (χ0n) is 12.9. The van der Waals surface area contributed by atoms with Gasteiger partial charge < -0.3 is 4.90 Å². The number of carbonyl (C=O) groups is 1. The lowest BCUT2D eigenvalue weighted by Gasteiger charge is -2.34. The number of halogens is 2. The molecule has 1 aromatic heterocycles. The molecule has 7 heteroatoms. The van der Waals surface area contributed by atoms with Crippen LogP contribution in [-0.4, -0.2) is 52.1 Å². The highest BCUT2D eigenvalue weighted by Gasteiger charge is 2.26. The molecule has 1 aliphatic heterocycles. The van der Waals surface area contributed by atoms with E-state index in [1.54, 1.807) is 0 Å². The molecule has 0 atom stereocenters. The van der Waals surface area contributed by atoms with Crippen LogP contribution in [-0.2, 0) is 6.54 Å². The largest absolute Gasteiger partial charge is 0.335 e. The van der Waals surface area contributed by atoms with Crippen LogP contribution in [0.4, 0.5) is 0 Å². The van der Waals surface area contributed by atoms with Gasteiger partial charge in [-0.25, -0.2) is 0 Å². The van der Waals surface area contributed by atoms with Gasteiger partial charge in [-0.3, -0.25) is 14.8 Å². The molecular weight excluding hydrogens is 424 g/mol. The Morgan fingerprint density at radius 1 is 1.17 bits per heavy atom. The second-order valence-corrected chi connectivity index (χ2v) is 7.34. The summed E-state index contributed by atoms with van der Waals surface area (Å²) >= 11 is 6.70. The second kappa shape index (κ2) is 7.15. The fourth-order valence-corrected chi connectivity index (χ4v) is 3.28. The summed E-state index contributed by atoms with van der Waals surface area (Å²) in [6.45, 7) is 6.23. The van der Waals surface area contributed by atoms with E-state index in [1.165, 1.54) is 11.1 Å². The first-order chi connectivity index (χ1) is 11.0. The molecular formula is C16H18Br2N4O. The zero-order valence-corrected chi connectivity index (χ0v) is 16.0. The lowest BCUT2D eigenvalue weighted by Crippen LogP contribution is -2.48. The average Bonchev–Trinajstić information content (AvgIpc) is 2.89. The Bertz CT molecular complexity index is 691. The summed E-state index contributed by atoms with van der Waals surface area (Å²) in [4.78, 5) is 16.7. The van der Waals surface area contributed by atoms with Gasteiger partial charge in [-0.05, 0) is 44.3 Å². The van der Waals surface area contributed by atoms with E-state index in [0.717, 1.165) is 32.7 Å². The third-order valence-electron chi connectivity index (χ3n) is 4.06. The van der Waals surface area contributed by atoms with Crippen molar-refractivity contribution in [1.29, 1.82) is 0 Å². The van der Waals surface area contributed by atoms with Gasteiger partial charge in [0.15, 0.2) is 5.69 Å². The van der Waals surface area contributed by atoms with Gasteiger partial charge in [0, 0.05) is 32.7 Å². The Kier molecular flexibility index (Phi) is 5.18. The number of hydrogen-bond donors (Lipinski definition) is 1. The number of H-pyrrole nitrogens is 1. The number of benzene rings is 1. The van der Waals surface area contributed by atoms with Crippen molar-refractivity contribution in [2.24, 2.45) is 0 Å². The highest BCUT2D eigenvalue weighted by atomic mass is 79.9.